The Balaban J connectivity index is 0.00000107. The van der Waals surface area contributed by atoms with E-state index < -0.39 is 0 Å². The summed E-state index contributed by atoms with van der Waals surface area (Å²) in [6.45, 7) is 8.21. The van der Waals surface area contributed by atoms with E-state index in [4.69, 9.17) is 20.4 Å². The quantitative estimate of drug-likeness (QED) is 0.425. The van der Waals surface area contributed by atoms with Crippen LogP contribution in [0, 0.1) is 0 Å². The Morgan fingerprint density at radius 2 is 1.84 bits per heavy atom. The van der Waals surface area contributed by atoms with E-state index in [0.717, 1.165) is 31.2 Å². The standard InChI is InChI=1S/C21H35N5O2.CH2O2/c1-3-10-16(2)28-21-23-19(22)17-15-18(27)26(20(17)24-21)14-9-5-8-13-25-11-6-4-7-12-25;2-1-3/h16H,3-15H2,1-2H3,(H2,22,23,24);1H,(H,2,3)/t16-;/m0./s1. The van der Waals surface area contributed by atoms with Crippen molar-refractivity contribution in [3.8, 4) is 6.01 Å². The number of nitrogen functional groups attached to an aromatic ring is 1. The van der Waals surface area contributed by atoms with Crippen LogP contribution in [0.15, 0.2) is 0 Å². The fourth-order valence-corrected chi connectivity index (χ4v) is 4.12. The van der Waals surface area contributed by atoms with Crippen LogP contribution in [-0.2, 0) is 16.0 Å². The van der Waals surface area contributed by atoms with Gasteiger partial charge in [0.1, 0.15) is 11.6 Å². The maximum absolute atomic E-state index is 12.5. The van der Waals surface area contributed by atoms with Gasteiger partial charge in [0.15, 0.2) is 0 Å². The van der Waals surface area contributed by atoms with Crippen LogP contribution in [0.5, 0.6) is 6.01 Å². The van der Waals surface area contributed by atoms with Crippen molar-refractivity contribution in [1.82, 2.24) is 14.9 Å². The summed E-state index contributed by atoms with van der Waals surface area (Å²) in [6.07, 6.45) is 9.61. The molecule has 0 radical (unpaired) electrons. The smallest absolute Gasteiger partial charge is 0.320 e. The van der Waals surface area contributed by atoms with Crippen LogP contribution in [0.25, 0.3) is 0 Å². The van der Waals surface area contributed by atoms with Gasteiger partial charge in [0.05, 0.1) is 12.5 Å². The molecule has 9 heteroatoms. The Morgan fingerprint density at radius 1 is 1.16 bits per heavy atom. The summed E-state index contributed by atoms with van der Waals surface area (Å²) in [6, 6.07) is 0.280. The highest BCUT2D eigenvalue weighted by Crippen LogP contribution is 2.32. The number of nitrogens with zero attached hydrogens (tertiary/aromatic N) is 4. The number of piperidine rings is 1. The van der Waals surface area contributed by atoms with E-state index in [-0.39, 0.29) is 24.5 Å². The molecule has 1 atom stereocenters. The molecule has 9 nitrogen and oxygen atoms in total. The van der Waals surface area contributed by atoms with E-state index in [1.165, 1.54) is 45.3 Å². The Kier molecular flexibility index (Phi) is 10.5. The topological polar surface area (TPSA) is 122 Å². The van der Waals surface area contributed by atoms with Crippen molar-refractivity contribution >= 4 is 24.0 Å². The van der Waals surface area contributed by atoms with Crippen molar-refractivity contribution in [3.63, 3.8) is 0 Å². The van der Waals surface area contributed by atoms with Crippen molar-refractivity contribution in [2.24, 2.45) is 0 Å². The number of nitrogens with two attached hydrogens (primary N) is 1. The van der Waals surface area contributed by atoms with Gasteiger partial charge in [-0.05, 0) is 58.7 Å². The van der Waals surface area contributed by atoms with Gasteiger partial charge in [-0.1, -0.05) is 26.2 Å². The summed E-state index contributed by atoms with van der Waals surface area (Å²) in [4.78, 5) is 34.0. The number of ether oxygens (including phenoxy) is 1. The van der Waals surface area contributed by atoms with E-state index in [2.05, 4.69) is 21.8 Å². The second-order valence-corrected chi connectivity index (χ2v) is 8.20. The van der Waals surface area contributed by atoms with Crippen LogP contribution in [0.2, 0.25) is 0 Å². The van der Waals surface area contributed by atoms with Crippen LogP contribution in [-0.4, -0.2) is 64.6 Å². The normalized spacial score (nSPS) is 17.0. The molecule has 0 aromatic carbocycles. The zero-order valence-electron chi connectivity index (χ0n) is 18.9. The van der Waals surface area contributed by atoms with Crippen LogP contribution in [0.1, 0.15) is 70.8 Å². The number of hydrogen-bond acceptors (Lipinski definition) is 7. The average molecular weight is 436 g/mol. The van der Waals surface area contributed by atoms with E-state index >= 15 is 0 Å². The molecule has 0 bridgehead atoms. The van der Waals surface area contributed by atoms with Gasteiger partial charge in [0.2, 0.25) is 5.91 Å². The fraction of sp³-hybridized carbons (Fsp3) is 0.727. The van der Waals surface area contributed by atoms with Gasteiger partial charge in [-0.2, -0.15) is 9.97 Å². The molecule has 174 valence electrons. The average Bonchev–Trinajstić information content (AvgIpc) is 3.05. The summed E-state index contributed by atoms with van der Waals surface area (Å²) >= 11 is 0. The maximum atomic E-state index is 12.5. The summed E-state index contributed by atoms with van der Waals surface area (Å²) < 4.78 is 5.81. The first kappa shape index (κ1) is 24.8. The molecule has 2 aliphatic rings. The number of aromatic nitrogens is 2. The molecule has 1 saturated heterocycles. The number of carboxylic acid groups (broad SMARTS) is 1. The second kappa shape index (κ2) is 13.1. The Bertz CT molecular complexity index is 709. The second-order valence-electron chi connectivity index (χ2n) is 8.20. The minimum atomic E-state index is -0.250. The number of unbranched alkanes of at least 4 members (excludes halogenated alkanes) is 2. The van der Waals surface area contributed by atoms with Crippen LogP contribution in [0.4, 0.5) is 11.6 Å². The lowest BCUT2D eigenvalue weighted by atomic mass is 10.1. The van der Waals surface area contributed by atoms with Gasteiger partial charge in [-0.25, -0.2) is 0 Å². The number of amides is 1. The first-order valence-electron chi connectivity index (χ1n) is 11.4. The van der Waals surface area contributed by atoms with E-state index in [1.54, 1.807) is 4.90 Å². The molecule has 1 fully saturated rings. The number of likely N-dealkylation sites (tertiary alicyclic amines) is 1. The van der Waals surface area contributed by atoms with Gasteiger partial charge in [0, 0.05) is 12.1 Å². The Labute approximate surface area is 185 Å². The number of anilines is 2. The first-order valence-corrected chi connectivity index (χ1v) is 11.4. The van der Waals surface area contributed by atoms with Gasteiger partial charge < -0.3 is 20.5 Å². The highest BCUT2D eigenvalue weighted by Gasteiger charge is 2.32. The Morgan fingerprint density at radius 3 is 2.52 bits per heavy atom. The third-order valence-corrected chi connectivity index (χ3v) is 5.69. The number of fused-ring (bicyclic) bond motifs is 1. The highest BCUT2D eigenvalue weighted by atomic mass is 16.5. The van der Waals surface area contributed by atoms with Gasteiger partial charge in [-0.15, -0.1) is 0 Å². The molecule has 31 heavy (non-hydrogen) atoms. The van der Waals surface area contributed by atoms with Crippen molar-refractivity contribution < 1.29 is 19.4 Å². The zero-order chi connectivity index (χ0) is 22.6. The molecule has 3 rings (SSSR count). The summed E-state index contributed by atoms with van der Waals surface area (Å²) in [7, 11) is 0. The minimum Gasteiger partial charge on any atom is -0.483 e. The lowest BCUT2D eigenvalue weighted by Gasteiger charge is -2.26. The van der Waals surface area contributed by atoms with Gasteiger partial charge >= 0.3 is 6.01 Å². The predicted octanol–water partition coefficient (Wildman–Crippen LogP) is 2.87. The predicted molar refractivity (Wildman–Crippen MR) is 120 cm³/mol. The van der Waals surface area contributed by atoms with Crippen molar-refractivity contribution in [2.75, 3.05) is 36.8 Å². The number of rotatable bonds is 10. The molecule has 1 amide bonds. The number of carbonyl (C=O) groups excluding carboxylic acids is 1. The number of hydrogen-bond donors (Lipinski definition) is 2. The SMILES string of the molecule is CCC[C@H](C)Oc1nc(N)c2c(n1)N(CCCCCN1CCCCC1)C(=O)C2.O=CO. The molecule has 0 saturated carbocycles. The third kappa shape index (κ3) is 7.65. The molecule has 0 unspecified atom stereocenters. The summed E-state index contributed by atoms with van der Waals surface area (Å²) in [5.41, 5.74) is 6.83. The van der Waals surface area contributed by atoms with E-state index in [9.17, 15) is 4.79 Å². The molecule has 1 aromatic heterocycles. The summed E-state index contributed by atoms with van der Waals surface area (Å²) in [5.74, 6) is 1.07. The first-order chi connectivity index (χ1) is 15.0. The van der Waals surface area contributed by atoms with Crippen LogP contribution in [0.3, 0.4) is 0 Å². The summed E-state index contributed by atoms with van der Waals surface area (Å²) in [5, 5.41) is 6.89. The molecule has 1 aromatic rings. The monoisotopic (exact) mass is 435 g/mol. The highest BCUT2D eigenvalue weighted by molar-refractivity contribution is 6.01. The van der Waals surface area contributed by atoms with Crippen molar-refractivity contribution in [3.05, 3.63) is 5.56 Å². The molecule has 0 spiro atoms. The lowest BCUT2D eigenvalue weighted by molar-refractivity contribution is -0.123. The van der Waals surface area contributed by atoms with E-state index in [1.807, 2.05) is 6.92 Å². The van der Waals surface area contributed by atoms with Crippen LogP contribution < -0.4 is 15.4 Å². The fourth-order valence-electron chi connectivity index (χ4n) is 4.12. The molecule has 0 aliphatic carbocycles. The molecular weight excluding hydrogens is 398 g/mol. The lowest BCUT2D eigenvalue weighted by Crippen LogP contribution is -2.31. The number of carbonyl (C=O) groups is 2. The largest absolute Gasteiger partial charge is 0.483 e. The molecule has 3 N–H and O–H groups in total. The van der Waals surface area contributed by atoms with Gasteiger partial charge in [0.25, 0.3) is 6.47 Å². The molecule has 3 heterocycles. The van der Waals surface area contributed by atoms with Crippen molar-refractivity contribution in [1.29, 1.82) is 0 Å². The van der Waals surface area contributed by atoms with Gasteiger partial charge in [-0.3, -0.25) is 14.5 Å². The molecular formula is C22H37N5O4. The molecule has 2 aliphatic heterocycles. The van der Waals surface area contributed by atoms with Crippen molar-refractivity contribution in [2.45, 2.75) is 77.7 Å². The Hall–Kier alpha value is -2.42. The third-order valence-electron chi connectivity index (χ3n) is 5.69. The minimum absolute atomic E-state index is 0.0304. The zero-order valence-corrected chi connectivity index (χ0v) is 18.9. The van der Waals surface area contributed by atoms with E-state index in [0.29, 0.717) is 24.6 Å². The maximum Gasteiger partial charge on any atom is 0.320 e. The van der Waals surface area contributed by atoms with Crippen LogP contribution >= 0.6 is 0 Å².